The van der Waals surface area contributed by atoms with Crippen molar-refractivity contribution in [2.45, 2.75) is 33.6 Å². The van der Waals surface area contributed by atoms with Crippen molar-refractivity contribution >= 4 is 39.3 Å². The van der Waals surface area contributed by atoms with Crippen LogP contribution in [0, 0.1) is 0 Å². The first kappa shape index (κ1) is 26.1. The number of likely N-dealkylation sites (N-methyl/N-ethyl adjacent to an activating group) is 1. The zero-order chi connectivity index (χ0) is 28.1. The first-order valence-electron chi connectivity index (χ1n) is 12.6. The fourth-order valence-corrected chi connectivity index (χ4v) is 4.96. The van der Waals surface area contributed by atoms with Gasteiger partial charge in [-0.05, 0) is 39.0 Å². The molecule has 2 aromatic heterocycles. The second-order valence-corrected chi connectivity index (χ2v) is 9.03. The van der Waals surface area contributed by atoms with Gasteiger partial charge < -0.3 is 23.8 Å². The first-order valence-corrected chi connectivity index (χ1v) is 12.6. The fourth-order valence-electron chi connectivity index (χ4n) is 4.96. The van der Waals surface area contributed by atoms with Gasteiger partial charge in [-0.2, -0.15) is 5.10 Å². The number of halogens is 2. The molecule has 0 radical (unpaired) electrons. The molecule has 39 heavy (non-hydrogen) atoms. The van der Waals surface area contributed by atoms with E-state index in [1.54, 1.807) is 23.4 Å². The number of fused-ring (bicyclic) bond motifs is 4. The largest absolute Gasteiger partial charge is 0.586 e. The summed E-state index contributed by atoms with van der Waals surface area (Å²) in [5.74, 6) is -1.24. The second kappa shape index (κ2) is 9.68. The van der Waals surface area contributed by atoms with Gasteiger partial charge in [-0.3, -0.25) is 14.4 Å². The van der Waals surface area contributed by atoms with Gasteiger partial charge in [0.25, 0.3) is 11.5 Å². The lowest BCUT2D eigenvalue weighted by Crippen LogP contribution is -2.39. The maximum Gasteiger partial charge on any atom is 0.586 e. The highest BCUT2D eigenvalue weighted by Gasteiger charge is 2.43. The van der Waals surface area contributed by atoms with Crippen molar-refractivity contribution in [3.63, 3.8) is 0 Å². The zero-order valence-electron chi connectivity index (χ0n) is 21.9. The Labute approximate surface area is 221 Å². The lowest BCUT2D eigenvalue weighted by Gasteiger charge is -2.22. The molecule has 12 heteroatoms. The number of benzene rings is 2. The van der Waals surface area contributed by atoms with E-state index >= 15 is 0 Å². The molecule has 0 unspecified atom stereocenters. The van der Waals surface area contributed by atoms with Gasteiger partial charge in [-0.25, -0.2) is 4.68 Å². The molecule has 0 spiro atoms. The van der Waals surface area contributed by atoms with E-state index in [0.717, 1.165) is 10.2 Å². The van der Waals surface area contributed by atoms with Crippen LogP contribution in [0.1, 0.15) is 31.3 Å². The summed E-state index contributed by atoms with van der Waals surface area (Å²) in [5, 5.41) is 5.56. The molecule has 0 N–H and O–H groups in total. The molecule has 2 aromatic carbocycles. The summed E-state index contributed by atoms with van der Waals surface area (Å²) in [5.41, 5.74) is 0.820. The molecule has 0 bridgehead atoms. The van der Waals surface area contributed by atoms with Gasteiger partial charge in [-0.1, -0.05) is 18.2 Å². The third-order valence-electron chi connectivity index (χ3n) is 6.85. The molecule has 1 aliphatic heterocycles. The molecule has 0 saturated heterocycles. The topological polar surface area (TPSA) is 98.9 Å². The van der Waals surface area contributed by atoms with E-state index in [-0.39, 0.29) is 40.8 Å². The molecule has 1 aliphatic rings. The predicted molar refractivity (Wildman–Crippen MR) is 140 cm³/mol. The second-order valence-electron chi connectivity index (χ2n) is 9.03. The Morgan fingerprint density at radius 2 is 1.69 bits per heavy atom. The fraction of sp³-hybridized carbons (Fsp3) is 0.333. The average molecular weight is 540 g/mol. The Balaban J connectivity index is 1.60. The molecule has 204 valence electrons. The summed E-state index contributed by atoms with van der Waals surface area (Å²) in [6.45, 7) is 5.97. The Hall–Kier alpha value is -4.48. The maximum atomic E-state index is 13.7. The third-order valence-corrected chi connectivity index (χ3v) is 6.85. The molecular formula is C27H27F2N5O5. The van der Waals surface area contributed by atoms with Gasteiger partial charge in [0.1, 0.15) is 12.1 Å². The van der Waals surface area contributed by atoms with Crippen molar-refractivity contribution in [2.24, 2.45) is 7.05 Å². The highest BCUT2D eigenvalue weighted by atomic mass is 19.3. The number of aryl methyl sites for hydroxylation is 1. The molecule has 0 saturated carbocycles. The lowest BCUT2D eigenvalue weighted by molar-refractivity contribution is -0.286. The number of alkyl halides is 2. The Morgan fingerprint density at radius 1 is 1.00 bits per heavy atom. The minimum absolute atomic E-state index is 0.0752. The standard InChI is InChI=1S/C27H27F2N5O5/c1-5-32(6-2)25(36)23-22-17-10-8-9-11-18(17)31(4)24(22)26(37)34(30-23)15-21(35)33(7-3)16-12-13-19-20(14-16)39-27(28,29)38-19/h8-14H,5-7,15H2,1-4H3. The number of para-hydroxylation sites is 1. The molecule has 0 aliphatic carbocycles. The van der Waals surface area contributed by atoms with Gasteiger partial charge in [-0.15, -0.1) is 8.78 Å². The number of hydrogen-bond acceptors (Lipinski definition) is 6. The van der Waals surface area contributed by atoms with Crippen molar-refractivity contribution in [1.29, 1.82) is 0 Å². The monoisotopic (exact) mass is 539 g/mol. The molecule has 0 atom stereocenters. The molecular weight excluding hydrogens is 512 g/mol. The van der Waals surface area contributed by atoms with Crippen LogP contribution in [0.4, 0.5) is 14.5 Å². The van der Waals surface area contributed by atoms with Gasteiger partial charge >= 0.3 is 6.29 Å². The minimum Gasteiger partial charge on any atom is -0.395 e. The zero-order valence-corrected chi connectivity index (χ0v) is 21.9. The van der Waals surface area contributed by atoms with Gasteiger partial charge in [0.05, 0.1) is 0 Å². The van der Waals surface area contributed by atoms with E-state index in [9.17, 15) is 23.2 Å². The van der Waals surface area contributed by atoms with Crippen LogP contribution in [-0.4, -0.2) is 57.0 Å². The Kier molecular flexibility index (Phi) is 6.49. The summed E-state index contributed by atoms with van der Waals surface area (Å²) in [7, 11) is 1.73. The number of amides is 2. The van der Waals surface area contributed by atoms with Crippen LogP contribution in [0.2, 0.25) is 0 Å². The van der Waals surface area contributed by atoms with Crippen molar-refractivity contribution in [3.05, 3.63) is 58.5 Å². The Bertz CT molecular complexity index is 1670. The molecule has 10 nitrogen and oxygen atoms in total. The number of rotatable bonds is 7. The molecule has 4 aromatic rings. The first-order chi connectivity index (χ1) is 18.6. The van der Waals surface area contributed by atoms with Gasteiger partial charge in [0, 0.05) is 54.7 Å². The maximum absolute atomic E-state index is 13.7. The number of aromatic nitrogens is 3. The number of nitrogens with zero attached hydrogens (tertiary/aromatic N) is 5. The average Bonchev–Trinajstić information content (AvgIpc) is 3.39. The van der Waals surface area contributed by atoms with Gasteiger partial charge in [0.2, 0.25) is 5.91 Å². The lowest BCUT2D eigenvalue weighted by atomic mass is 10.1. The van der Waals surface area contributed by atoms with E-state index in [1.807, 2.05) is 38.1 Å². The summed E-state index contributed by atoms with van der Waals surface area (Å²) >= 11 is 0. The summed E-state index contributed by atoms with van der Waals surface area (Å²) in [6.07, 6.45) is -3.79. The van der Waals surface area contributed by atoms with E-state index < -0.39 is 24.3 Å². The number of carbonyl (C=O) groups is 2. The van der Waals surface area contributed by atoms with Crippen molar-refractivity contribution in [1.82, 2.24) is 19.2 Å². The molecule has 5 rings (SSSR count). The van der Waals surface area contributed by atoms with Crippen molar-refractivity contribution in [2.75, 3.05) is 24.5 Å². The molecule has 3 heterocycles. The Morgan fingerprint density at radius 3 is 2.38 bits per heavy atom. The van der Waals surface area contributed by atoms with E-state index in [1.165, 1.54) is 23.1 Å². The molecule has 2 amide bonds. The van der Waals surface area contributed by atoms with Crippen LogP contribution in [0.15, 0.2) is 47.3 Å². The van der Waals surface area contributed by atoms with Crippen molar-refractivity contribution in [3.8, 4) is 11.5 Å². The van der Waals surface area contributed by atoms with Gasteiger partial charge in [0.15, 0.2) is 17.2 Å². The number of ether oxygens (including phenoxy) is 2. The molecule has 0 fully saturated rings. The third kappa shape index (κ3) is 4.35. The smallest absolute Gasteiger partial charge is 0.395 e. The van der Waals surface area contributed by atoms with E-state index in [4.69, 9.17) is 0 Å². The van der Waals surface area contributed by atoms with Crippen LogP contribution in [0.3, 0.4) is 0 Å². The number of carbonyl (C=O) groups excluding carboxylic acids is 2. The highest BCUT2D eigenvalue weighted by molar-refractivity contribution is 6.16. The summed E-state index contributed by atoms with van der Waals surface area (Å²) in [6, 6.07) is 11.3. The van der Waals surface area contributed by atoms with Crippen LogP contribution >= 0.6 is 0 Å². The normalized spacial score (nSPS) is 13.7. The highest BCUT2D eigenvalue weighted by Crippen LogP contribution is 2.42. The van der Waals surface area contributed by atoms with Crippen LogP contribution in [-0.2, 0) is 18.4 Å². The quantitative estimate of drug-likeness (QED) is 0.355. The SMILES string of the molecule is CCN(CC)C(=O)c1nn(CC(=O)N(CC)c2ccc3c(c2)OC(F)(F)O3)c(=O)c2c1c1ccccc1n2C. The minimum atomic E-state index is -3.79. The van der Waals surface area contributed by atoms with E-state index in [0.29, 0.717) is 23.9 Å². The van der Waals surface area contributed by atoms with Crippen molar-refractivity contribution < 1.29 is 27.8 Å². The number of hydrogen-bond donors (Lipinski definition) is 0. The van der Waals surface area contributed by atoms with Crippen LogP contribution in [0.25, 0.3) is 21.8 Å². The summed E-state index contributed by atoms with van der Waals surface area (Å²) in [4.78, 5) is 43.6. The predicted octanol–water partition coefficient (Wildman–Crippen LogP) is 3.74. The van der Waals surface area contributed by atoms with Crippen LogP contribution in [0.5, 0.6) is 11.5 Å². The van der Waals surface area contributed by atoms with Crippen LogP contribution < -0.4 is 19.9 Å². The number of anilines is 1. The summed E-state index contributed by atoms with van der Waals surface area (Å²) < 4.78 is 38.6. The van der Waals surface area contributed by atoms with E-state index in [2.05, 4.69) is 14.6 Å².